The topological polar surface area (TPSA) is 81.8 Å². The maximum absolute atomic E-state index is 13.7. The third-order valence-electron chi connectivity index (χ3n) is 4.34. The number of hydrogen-bond donors (Lipinski definition) is 1. The molecule has 0 atom stereocenters. The van der Waals surface area contributed by atoms with E-state index in [-0.39, 0.29) is 22.9 Å². The normalized spacial score (nSPS) is 11.2. The van der Waals surface area contributed by atoms with Crippen LogP contribution in [0.15, 0.2) is 52.4 Å². The van der Waals surface area contributed by atoms with Gasteiger partial charge in [-0.1, -0.05) is 35.2 Å². The summed E-state index contributed by atoms with van der Waals surface area (Å²) >= 11 is 2.29. The number of para-hydroxylation sites is 1. The summed E-state index contributed by atoms with van der Waals surface area (Å²) in [5, 5.41) is 11.1. The van der Waals surface area contributed by atoms with Crippen molar-refractivity contribution in [2.75, 3.05) is 11.1 Å². The van der Waals surface area contributed by atoms with Gasteiger partial charge < -0.3 is 9.88 Å². The lowest BCUT2D eigenvalue weighted by Gasteiger charge is -2.07. The zero-order chi connectivity index (χ0) is 21.3. The minimum absolute atomic E-state index is 0.0376. The van der Waals surface area contributed by atoms with Gasteiger partial charge in [0.15, 0.2) is 11.0 Å². The summed E-state index contributed by atoms with van der Waals surface area (Å²) in [6.07, 6.45) is 0. The average molecular weight is 447 g/mol. The number of fused-ring (bicyclic) bond motifs is 1. The molecule has 0 saturated carbocycles. The molecule has 1 amide bonds. The molecule has 0 unspecified atom stereocenters. The molecule has 4 rings (SSSR count). The van der Waals surface area contributed by atoms with Crippen molar-refractivity contribution in [3.8, 4) is 0 Å². The number of benzene rings is 2. The molecule has 4 aromatic rings. The maximum Gasteiger partial charge on any atom is 0.308 e. The van der Waals surface area contributed by atoms with Gasteiger partial charge in [0.1, 0.15) is 11.6 Å². The molecule has 1 N–H and O–H groups in total. The molecule has 2 aromatic heterocycles. The smallest absolute Gasteiger partial charge is 0.308 e. The van der Waals surface area contributed by atoms with Crippen LogP contribution in [0.3, 0.4) is 0 Å². The molecule has 0 radical (unpaired) electrons. The highest BCUT2D eigenvalue weighted by atomic mass is 32.2. The van der Waals surface area contributed by atoms with Crippen LogP contribution in [0.4, 0.5) is 14.5 Å². The van der Waals surface area contributed by atoms with Gasteiger partial charge in [-0.3, -0.25) is 14.2 Å². The largest absolute Gasteiger partial charge is 0.323 e. The van der Waals surface area contributed by atoms with E-state index >= 15 is 0 Å². The van der Waals surface area contributed by atoms with E-state index in [1.165, 1.54) is 11.3 Å². The monoisotopic (exact) mass is 447 g/mol. The van der Waals surface area contributed by atoms with Crippen molar-refractivity contribution in [1.82, 2.24) is 19.3 Å². The van der Waals surface area contributed by atoms with E-state index in [2.05, 4.69) is 15.5 Å². The summed E-state index contributed by atoms with van der Waals surface area (Å²) in [7, 11) is 1.74. The molecule has 2 aromatic carbocycles. The number of halogens is 2. The zero-order valence-electron chi connectivity index (χ0n) is 15.6. The van der Waals surface area contributed by atoms with Gasteiger partial charge in [0.25, 0.3) is 0 Å². The van der Waals surface area contributed by atoms with Crippen molar-refractivity contribution in [3.63, 3.8) is 0 Å². The molecular formula is C19H15F2N5O2S2. The van der Waals surface area contributed by atoms with Crippen molar-refractivity contribution in [3.05, 3.63) is 69.6 Å². The number of aromatic nitrogens is 4. The van der Waals surface area contributed by atoms with Gasteiger partial charge in [0.2, 0.25) is 5.91 Å². The molecule has 154 valence electrons. The second-order valence-electron chi connectivity index (χ2n) is 6.34. The fraction of sp³-hybridized carbons (Fsp3) is 0.158. The first-order valence-electron chi connectivity index (χ1n) is 8.76. The van der Waals surface area contributed by atoms with Gasteiger partial charge in [-0.2, -0.15) is 0 Å². The van der Waals surface area contributed by atoms with Gasteiger partial charge in [0.05, 0.1) is 28.2 Å². The van der Waals surface area contributed by atoms with E-state index in [1.807, 2.05) is 24.3 Å². The lowest BCUT2D eigenvalue weighted by molar-refractivity contribution is -0.113. The van der Waals surface area contributed by atoms with E-state index in [4.69, 9.17) is 0 Å². The molecule has 0 aliphatic carbocycles. The Hall–Kier alpha value is -3.05. The average Bonchev–Trinajstić information content (AvgIpc) is 3.22. The van der Waals surface area contributed by atoms with Gasteiger partial charge in [0, 0.05) is 13.1 Å². The number of thioether (sulfide) groups is 1. The highest BCUT2D eigenvalue weighted by molar-refractivity contribution is 7.99. The second kappa shape index (κ2) is 8.36. The second-order valence-corrected chi connectivity index (χ2v) is 8.28. The Morgan fingerprint density at radius 3 is 2.80 bits per heavy atom. The van der Waals surface area contributed by atoms with Crippen LogP contribution in [0, 0.1) is 11.6 Å². The van der Waals surface area contributed by atoms with Crippen molar-refractivity contribution < 1.29 is 13.6 Å². The number of carbonyl (C=O) groups excluding carboxylic acids is 1. The number of amides is 1. The molecule has 0 aliphatic heterocycles. The predicted octanol–water partition coefficient (Wildman–Crippen LogP) is 3.25. The molecule has 0 fully saturated rings. The van der Waals surface area contributed by atoms with Crippen molar-refractivity contribution in [2.24, 2.45) is 7.05 Å². The SMILES string of the molecule is Cn1c(Cn2c(=O)sc3ccccc32)nnc1SCC(=O)Nc1ccc(F)cc1F. The van der Waals surface area contributed by atoms with Crippen LogP contribution in [0.1, 0.15) is 5.82 Å². The summed E-state index contributed by atoms with van der Waals surface area (Å²) < 4.78 is 30.8. The van der Waals surface area contributed by atoms with E-state index in [9.17, 15) is 18.4 Å². The Morgan fingerprint density at radius 2 is 2.00 bits per heavy atom. The Kier molecular flexibility index (Phi) is 5.64. The minimum Gasteiger partial charge on any atom is -0.323 e. The van der Waals surface area contributed by atoms with E-state index in [0.29, 0.717) is 17.0 Å². The van der Waals surface area contributed by atoms with Crippen LogP contribution in [0.25, 0.3) is 10.2 Å². The van der Waals surface area contributed by atoms with Gasteiger partial charge >= 0.3 is 4.87 Å². The zero-order valence-corrected chi connectivity index (χ0v) is 17.3. The molecule has 30 heavy (non-hydrogen) atoms. The number of nitrogens with one attached hydrogen (secondary N) is 1. The van der Waals surface area contributed by atoms with Crippen LogP contribution in [-0.2, 0) is 18.4 Å². The first-order valence-corrected chi connectivity index (χ1v) is 10.6. The standard InChI is InChI=1S/C19H15F2N5O2S2/c1-25-16(9-26-14-4-2-3-5-15(14)30-19(26)28)23-24-18(25)29-10-17(27)22-13-7-6-11(20)8-12(13)21/h2-8H,9-10H2,1H3,(H,22,27). The summed E-state index contributed by atoms with van der Waals surface area (Å²) in [6, 6.07) is 10.4. The number of hydrogen-bond acceptors (Lipinski definition) is 6. The van der Waals surface area contributed by atoms with Crippen LogP contribution in [-0.4, -0.2) is 31.0 Å². The molecule has 2 heterocycles. The Labute approximate surface area is 177 Å². The molecule has 0 spiro atoms. The number of rotatable bonds is 6. The molecule has 0 bridgehead atoms. The van der Waals surface area contributed by atoms with E-state index < -0.39 is 17.5 Å². The van der Waals surface area contributed by atoms with Crippen molar-refractivity contribution >= 4 is 44.9 Å². The fourth-order valence-electron chi connectivity index (χ4n) is 2.82. The third-order valence-corrected chi connectivity index (χ3v) is 6.32. The highest BCUT2D eigenvalue weighted by Gasteiger charge is 2.15. The molecule has 7 nitrogen and oxygen atoms in total. The lowest BCUT2D eigenvalue weighted by atomic mass is 10.3. The Morgan fingerprint density at radius 1 is 1.20 bits per heavy atom. The van der Waals surface area contributed by atoms with Gasteiger partial charge in [-0.05, 0) is 24.3 Å². The summed E-state index contributed by atoms with van der Waals surface area (Å²) in [5.41, 5.74) is 0.731. The number of nitrogens with zero attached hydrogens (tertiary/aromatic N) is 4. The first kappa shape index (κ1) is 20.2. The molecule has 11 heteroatoms. The number of carbonyl (C=O) groups is 1. The van der Waals surface area contributed by atoms with Crippen LogP contribution < -0.4 is 10.2 Å². The summed E-state index contributed by atoms with van der Waals surface area (Å²) in [4.78, 5) is 24.3. The fourth-order valence-corrected chi connectivity index (χ4v) is 4.44. The van der Waals surface area contributed by atoms with Crippen molar-refractivity contribution in [2.45, 2.75) is 11.7 Å². The third kappa shape index (κ3) is 4.12. The highest BCUT2D eigenvalue weighted by Crippen LogP contribution is 2.20. The molecular weight excluding hydrogens is 432 g/mol. The van der Waals surface area contributed by atoms with Crippen molar-refractivity contribution in [1.29, 1.82) is 0 Å². The van der Waals surface area contributed by atoms with Gasteiger partial charge in [-0.25, -0.2) is 8.78 Å². The Bertz CT molecular complexity index is 1300. The Balaban J connectivity index is 1.44. The quantitative estimate of drug-likeness (QED) is 0.459. The van der Waals surface area contributed by atoms with E-state index in [0.717, 1.165) is 34.1 Å². The lowest BCUT2D eigenvalue weighted by Crippen LogP contribution is -2.17. The molecule has 0 aliphatic rings. The number of thiazole rings is 1. The van der Waals surface area contributed by atoms with Crippen LogP contribution in [0.2, 0.25) is 0 Å². The minimum atomic E-state index is -0.845. The predicted molar refractivity (Wildman–Crippen MR) is 112 cm³/mol. The summed E-state index contributed by atoms with van der Waals surface area (Å²) in [6.45, 7) is 0.250. The van der Waals surface area contributed by atoms with Gasteiger partial charge in [-0.15, -0.1) is 10.2 Å². The maximum atomic E-state index is 13.7. The number of anilines is 1. The molecule has 0 saturated heterocycles. The van der Waals surface area contributed by atoms with Crippen LogP contribution in [0.5, 0.6) is 0 Å². The van der Waals surface area contributed by atoms with E-state index in [1.54, 1.807) is 16.2 Å². The first-order chi connectivity index (χ1) is 14.4. The van der Waals surface area contributed by atoms with Crippen LogP contribution >= 0.6 is 23.1 Å². The summed E-state index contributed by atoms with van der Waals surface area (Å²) in [5.74, 6) is -1.50.